The molecule has 0 fully saturated rings. The van der Waals surface area contributed by atoms with Crippen molar-refractivity contribution in [3.63, 3.8) is 0 Å². The Morgan fingerprint density at radius 3 is 1.54 bits per heavy atom. The topological polar surface area (TPSA) is 6.48 Å². The third-order valence-corrected chi connectivity index (χ3v) is 4.89. The normalized spacial score (nSPS) is 13.8. The molecule has 0 aliphatic carbocycles. The zero-order valence-corrected chi connectivity index (χ0v) is 15.1. The highest BCUT2D eigenvalue weighted by Crippen LogP contribution is 2.05. The van der Waals surface area contributed by atoms with E-state index in [-0.39, 0.29) is 0 Å². The van der Waals surface area contributed by atoms with E-state index in [4.69, 9.17) is 0 Å². The van der Waals surface area contributed by atoms with Gasteiger partial charge in [0, 0.05) is 58.8 Å². The lowest BCUT2D eigenvalue weighted by atomic mass is 10.1. The lowest BCUT2D eigenvalue weighted by Crippen LogP contribution is -2.30. The molecule has 4 rings (SSSR count). The molecule has 0 atom stereocenters. The molecule has 0 radical (unpaired) electrons. The van der Waals surface area contributed by atoms with E-state index in [1.165, 1.54) is 46.6 Å². The molecule has 2 aromatic carbocycles. The molecule has 2 aliphatic heterocycles. The van der Waals surface area contributed by atoms with Crippen molar-refractivity contribution in [2.24, 2.45) is 0 Å². The van der Waals surface area contributed by atoms with Gasteiger partial charge < -0.3 is 9.80 Å². The molecule has 0 N–H and O–H groups in total. The Labute approximate surface area is 154 Å². The van der Waals surface area contributed by atoms with Crippen LogP contribution in [0.25, 0.3) is 23.9 Å². The van der Waals surface area contributed by atoms with Crippen molar-refractivity contribution in [2.75, 3.05) is 13.1 Å². The second-order valence-corrected chi connectivity index (χ2v) is 6.87. The number of fused-ring (bicyclic) bond motifs is 2. The molecule has 0 amide bonds. The van der Waals surface area contributed by atoms with Gasteiger partial charge in [-0.05, 0) is 25.0 Å². The average molecular weight is 340 g/mol. The van der Waals surface area contributed by atoms with Crippen molar-refractivity contribution in [3.05, 3.63) is 81.8 Å². The van der Waals surface area contributed by atoms with E-state index >= 15 is 0 Å². The van der Waals surface area contributed by atoms with Gasteiger partial charge in [-0.3, -0.25) is 0 Å². The number of hydrogen-bond donors (Lipinski definition) is 0. The summed E-state index contributed by atoms with van der Waals surface area (Å²) in [6, 6.07) is 16.8. The van der Waals surface area contributed by atoms with Crippen LogP contribution in [0.2, 0.25) is 0 Å². The largest absolute Gasteiger partial charge is 0.347 e. The first-order valence-electron chi connectivity index (χ1n) is 9.47. The second kappa shape index (κ2) is 7.97. The molecule has 0 saturated carbocycles. The lowest BCUT2D eigenvalue weighted by Gasteiger charge is -2.17. The summed E-state index contributed by atoms with van der Waals surface area (Å²) in [5, 5.41) is 4.90. The predicted molar refractivity (Wildman–Crippen MR) is 108 cm³/mol. The number of nitrogens with zero attached hydrogens (tertiary/aromatic N) is 2. The molecule has 0 saturated heterocycles. The molecule has 2 heteroatoms. The second-order valence-electron chi connectivity index (χ2n) is 6.87. The molecule has 0 spiro atoms. The van der Waals surface area contributed by atoms with E-state index in [0.29, 0.717) is 0 Å². The van der Waals surface area contributed by atoms with Crippen molar-refractivity contribution < 1.29 is 0 Å². The minimum atomic E-state index is 1.07. The van der Waals surface area contributed by atoms with Gasteiger partial charge in [-0.1, -0.05) is 60.7 Å². The number of hydrogen-bond acceptors (Lipinski definition) is 2. The minimum Gasteiger partial charge on any atom is -0.347 e. The van der Waals surface area contributed by atoms with Crippen LogP contribution in [0.15, 0.2) is 60.9 Å². The van der Waals surface area contributed by atoms with Gasteiger partial charge in [0.25, 0.3) is 0 Å². The van der Waals surface area contributed by atoms with E-state index in [0.717, 1.165) is 13.1 Å². The van der Waals surface area contributed by atoms with Gasteiger partial charge in [-0.2, -0.15) is 0 Å². The fourth-order valence-corrected chi connectivity index (χ4v) is 3.42. The predicted octanol–water partition coefficient (Wildman–Crippen LogP) is 1.84. The van der Waals surface area contributed by atoms with Crippen LogP contribution in [0.1, 0.15) is 25.7 Å². The summed E-state index contributed by atoms with van der Waals surface area (Å²) < 4.78 is 0. The maximum absolute atomic E-state index is 3.36. The van der Waals surface area contributed by atoms with Gasteiger partial charge in [-0.25, -0.2) is 0 Å². The Morgan fingerprint density at radius 1 is 0.577 bits per heavy atom. The Morgan fingerprint density at radius 2 is 1.04 bits per heavy atom. The molecule has 2 nitrogen and oxygen atoms in total. The summed E-state index contributed by atoms with van der Waals surface area (Å²) in [6.07, 6.45) is 13.6. The van der Waals surface area contributed by atoms with Crippen LogP contribution in [-0.4, -0.2) is 22.9 Å². The summed E-state index contributed by atoms with van der Waals surface area (Å²) in [5.41, 5.74) is 6.73. The van der Waals surface area contributed by atoms with E-state index in [1.807, 2.05) is 0 Å². The zero-order valence-electron chi connectivity index (χ0n) is 15.1. The zero-order chi connectivity index (χ0) is 17.6. The number of rotatable bonds is 7. The van der Waals surface area contributed by atoms with Crippen LogP contribution >= 0.6 is 0 Å². The van der Waals surface area contributed by atoms with E-state index in [1.54, 1.807) is 0 Å². The first-order chi connectivity index (χ1) is 12.9. The van der Waals surface area contributed by atoms with Crippen molar-refractivity contribution >= 4 is 23.9 Å². The fraction of sp³-hybridized carbons (Fsp3) is 0.250. The van der Waals surface area contributed by atoms with Crippen molar-refractivity contribution in [1.29, 1.82) is 0 Å². The summed E-state index contributed by atoms with van der Waals surface area (Å²) >= 11 is 0. The molecule has 0 bridgehead atoms. The van der Waals surface area contributed by atoms with E-state index < -0.39 is 0 Å². The highest BCUT2D eigenvalue weighted by Gasteiger charge is 2.01. The van der Waals surface area contributed by atoms with Crippen LogP contribution in [0.3, 0.4) is 0 Å². The fourth-order valence-electron chi connectivity index (χ4n) is 3.42. The molecular weight excluding hydrogens is 316 g/mol. The Hall–Kier alpha value is -2.92. The molecular formula is C24H24N2. The highest BCUT2D eigenvalue weighted by molar-refractivity contribution is 5.37. The number of unbranched alkanes of at least 4 members (excludes halogenated alkanes) is 3. The van der Waals surface area contributed by atoms with Crippen LogP contribution in [0, 0.1) is 0 Å². The Bertz CT molecular complexity index is 994. The van der Waals surface area contributed by atoms with Gasteiger partial charge in [0.05, 0.1) is 0 Å². The standard InChI is InChI=1S/C24H24N2/c1(7-15-25-17-13-21-9-3-5-11-23(21)19-25)2-8-16-26-18-14-22-10-4-6-12-24(22)20-26/h3-6,9-12,17-20H,1-2,7-8,15-16H2. The number of benzene rings is 2. The molecule has 26 heavy (non-hydrogen) atoms. The first kappa shape index (κ1) is 16.5. The van der Waals surface area contributed by atoms with Gasteiger partial charge in [0.1, 0.15) is 0 Å². The highest BCUT2D eigenvalue weighted by atomic mass is 15.1. The summed E-state index contributed by atoms with van der Waals surface area (Å²) in [5.74, 6) is 0. The van der Waals surface area contributed by atoms with E-state index in [9.17, 15) is 0 Å². The van der Waals surface area contributed by atoms with Crippen LogP contribution < -0.4 is 20.9 Å². The summed E-state index contributed by atoms with van der Waals surface area (Å²) in [6.45, 7) is 2.14. The minimum absolute atomic E-state index is 1.07. The van der Waals surface area contributed by atoms with Crippen LogP contribution in [-0.2, 0) is 0 Å². The van der Waals surface area contributed by atoms with Crippen molar-refractivity contribution in [2.45, 2.75) is 25.7 Å². The maximum atomic E-state index is 3.36. The lowest BCUT2D eigenvalue weighted by molar-refractivity contribution is 0.471. The summed E-state index contributed by atoms with van der Waals surface area (Å²) in [7, 11) is 0. The van der Waals surface area contributed by atoms with Crippen molar-refractivity contribution in [3.8, 4) is 0 Å². The van der Waals surface area contributed by atoms with Crippen LogP contribution in [0.5, 0.6) is 0 Å². The van der Waals surface area contributed by atoms with Gasteiger partial charge in [0.15, 0.2) is 0 Å². The average Bonchev–Trinajstić information content (AvgIpc) is 2.70. The molecule has 2 aliphatic rings. The van der Waals surface area contributed by atoms with Gasteiger partial charge >= 0.3 is 0 Å². The quantitative estimate of drug-likeness (QED) is 0.710. The molecule has 130 valence electrons. The molecule has 2 aromatic rings. The monoisotopic (exact) mass is 340 g/mol. The van der Waals surface area contributed by atoms with Gasteiger partial charge in [-0.15, -0.1) is 0 Å². The third-order valence-electron chi connectivity index (χ3n) is 4.89. The molecule has 0 unspecified atom stereocenters. The maximum Gasteiger partial charge on any atom is 0.0470 e. The SMILES string of the molecule is C1=CN(CCCCCCN2C=C=c3ccccc3=C2)C=c2ccccc2=1. The smallest absolute Gasteiger partial charge is 0.0470 e. The molecule has 0 aromatic heterocycles. The van der Waals surface area contributed by atoms with E-state index in [2.05, 4.69) is 94.6 Å². The Kier molecular flexibility index (Phi) is 5.07. The van der Waals surface area contributed by atoms with Gasteiger partial charge in [0.2, 0.25) is 0 Å². The third kappa shape index (κ3) is 4.00. The molecule has 2 heterocycles. The van der Waals surface area contributed by atoms with Crippen molar-refractivity contribution in [1.82, 2.24) is 9.80 Å². The Balaban J connectivity index is 1.19. The summed E-state index contributed by atoms with van der Waals surface area (Å²) in [4.78, 5) is 4.52. The van der Waals surface area contributed by atoms with Crippen LogP contribution in [0.4, 0.5) is 0 Å². The first-order valence-corrected chi connectivity index (χ1v) is 9.47.